The van der Waals surface area contributed by atoms with Crippen LogP contribution in [-0.2, 0) is 4.43 Å². The lowest BCUT2D eigenvalue weighted by atomic mass is 9.99. The first-order valence-electron chi connectivity index (χ1n) is 4.97. The molecule has 0 rings (SSSR count). The van der Waals surface area contributed by atoms with E-state index >= 15 is 0 Å². The lowest BCUT2D eigenvalue weighted by Gasteiger charge is -2.43. The van der Waals surface area contributed by atoms with E-state index in [9.17, 15) is 5.11 Å². The number of aliphatic hydroxyl groups is 1. The molecule has 0 bridgehead atoms. The van der Waals surface area contributed by atoms with Crippen LogP contribution in [0.25, 0.3) is 0 Å². The Morgan fingerprint density at radius 1 is 1.15 bits per heavy atom. The average molecular weight is 204 g/mol. The van der Waals surface area contributed by atoms with Crippen LogP contribution in [-0.4, -0.2) is 19.7 Å². The first-order valence-corrected chi connectivity index (χ1v) is 7.88. The van der Waals surface area contributed by atoms with Crippen LogP contribution in [0.1, 0.15) is 34.6 Å². The molecule has 0 aromatic heterocycles. The Morgan fingerprint density at radius 3 is 1.77 bits per heavy atom. The summed E-state index contributed by atoms with van der Waals surface area (Å²) in [7, 11) is -1.81. The minimum atomic E-state index is -1.81. The second-order valence-electron chi connectivity index (χ2n) is 5.10. The van der Waals surface area contributed by atoms with Crippen LogP contribution in [0.4, 0.5) is 0 Å². The molecule has 0 aliphatic carbocycles. The van der Waals surface area contributed by atoms with Crippen LogP contribution < -0.4 is 0 Å². The van der Waals surface area contributed by atoms with Crippen molar-refractivity contribution in [1.29, 1.82) is 0 Å². The Kier molecular flexibility index (Phi) is 4.15. The lowest BCUT2D eigenvalue weighted by molar-refractivity contribution is -0.0134. The maximum Gasteiger partial charge on any atom is 0.195 e. The monoisotopic (exact) mass is 204 g/mol. The molecular formula is C10H24O2Si. The molecule has 0 amide bonds. The summed E-state index contributed by atoms with van der Waals surface area (Å²) in [4.78, 5) is 0. The second kappa shape index (κ2) is 4.11. The Morgan fingerprint density at radius 2 is 1.54 bits per heavy atom. The molecule has 1 atom stereocenters. The highest BCUT2D eigenvalue weighted by atomic mass is 28.4. The van der Waals surface area contributed by atoms with Gasteiger partial charge in [-0.05, 0) is 31.0 Å². The summed E-state index contributed by atoms with van der Waals surface area (Å²) in [5.74, 6) is 0.577. The zero-order chi connectivity index (χ0) is 10.9. The Labute approximate surface area is 83.4 Å². The van der Waals surface area contributed by atoms with Gasteiger partial charge in [0.2, 0.25) is 0 Å². The molecule has 0 heterocycles. The predicted octanol–water partition coefficient (Wildman–Crippen LogP) is 2.98. The van der Waals surface area contributed by atoms with E-state index in [4.69, 9.17) is 4.43 Å². The van der Waals surface area contributed by atoms with Gasteiger partial charge < -0.3 is 9.53 Å². The van der Waals surface area contributed by atoms with Crippen molar-refractivity contribution in [2.75, 3.05) is 0 Å². The summed E-state index contributed by atoms with van der Waals surface area (Å²) >= 11 is 0. The molecule has 0 aliphatic rings. The van der Waals surface area contributed by atoms with Gasteiger partial charge in [0.05, 0.1) is 0 Å². The van der Waals surface area contributed by atoms with E-state index < -0.39 is 14.6 Å². The molecule has 3 heteroatoms. The molecule has 80 valence electrons. The van der Waals surface area contributed by atoms with Crippen LogP contribution in [0.15, 0.2) is 0 Å². The van der Waals surface area contributed by atoms with E-state index in [1.165, 1.54) is 0 Å². The Balaban J connectivity index is 4.60. The van der Waals surface area contributed by atoms with Gasteiger partial charge in [-0.15, -0.1) is 0 Å². The molecule has 1 unspecified atom stereocenters. The quantitative estimate of drug-likeness (QED) is 0.563. The summed E-state index contributed by atoms with van der Waals surface area (Å²) in [6.45, 7) is 14.9. The van der Waals surface area contributed by atoms with E-state index in [2.05, 4.69) is 40.8 Å². The van der Waals surface area contributed by atoms with Crippen molar-refractivity contribution in [3.63, 3.8) is 0 Å². The summed E-state index contributed by atoms with van der Waals surface area (Å²) in [6.07, 6.45) is -0.639. The van der Waals surface area contributed by atoms with E-state index in [0.29, 0.717) is 5.92 Å². The van der Waals surface area contributed by atoms with E-state index in [-0.39, 0.29) is 5.04 Å². The molecular weight excluding hydrogens is 180 g/mol. The fraction of sp³-hybridized carbons (Fsp3) is 1.00. The van der Waals surface area contributed by atoms with Crippen LogP contribution in [0.5, 0.6) is 0 Å². The van der Waals surface area contributed by atoms with Crippen LogP contribution in [0.2, 0.25) is 18.1 Å². The Hall–Kier alpha value is 0.137. The molecule has 0 aromatic carbocycles. The topological polar surface area (TPSA) is 29.5 Å². The van der Waals surface area contributed by atoms with Gasteiger partial charge in [-0.25, -0.2) is 0 Å². The third-order valence-corrected chi connectivity index (χ3v) is 8.07. The first kappa shape index (κ1) is 13.1. The van der Waals surface area contributed by atoms with Crippen molar-refractivity contribution >= 4 is 8.32 Å². The third kappa shape index (κ3) is 3.08. The first-order chi connectivity index (χ1) is 5.61. The van der Waals surface area contributed by atoms with Crippen LogP contribution in [0, 0.1) is 5.92 Å². The van der Waals surface area contributed by atoms with Crippen molar-refractivity contribution < 1.29 is 9.53 Å². The van der Waals surface area contributed by atoms with Gasteiger partial charge in [0.15, 0.2) is 8.32 Å². The smallest absolute Gasteiger partial charge is 0.195 e. The normalized spacial score (nSPS) is 16.4. The highest BCUT2D eigenvalue weighted by Gasteiger charge is 2.43. The van der Waals surface area contributed by atoms with Gasteiger partial charge >= 0.3 is 0 Å². The van der Waals surface area contributed by atoms with Crippen LogP contribution in [0.3, 0.4) is 0 Å². The molecule has 0 radical (unpaired) electrons. The highest BCUT2D eigenvalue weighted by molar-refractivity contribution is 6.74. The highest BCUT2D eigenvalue weighted by Crippen LogP contribution is 2.44. The minimum Gasteiger partial charge on any atom is -0.393 e. The van der Waals surface area contributed by atoms with Gasteiger partial charge in [0, 0.05) is 0 Å². The number of aliphatic hydroxyl groups excluding tert-OH is 1. The SMILES string of the molecule is CC(O)O[Si](C)(C)C(C)(C)C(C)C. The fourth-order valence-corrected chi connectivity index (χ4v) is 3.82. The fourth-order valence-electron chi connectivity index (χ4n) is 1.27. The molecule has 0 aromatic rings. The third-order valence-electron chi connectivity index (χ3n) is 3.46. The molecule has 0 aliphatic heterocycles. The molecule has 0 saturated heterocycles. The summed E-state index contributed by atoms with van der Waals surface area (Å²) < 4.78 is 5.66. The molecule has 0 fully saturated rings. The average Bonchev–Trinajstić information content (AvgIpc) is 1.83. The number of rotatable bonds is 4. The van der Waals surface area contributed by atoms with Gasteiger partial charge in [0.25, 0.3) is 0 Å². The minimum absolute atomic E-state index is 0.185. The van der Waals surface area contributed by atoms with Gasteiger partial charge in [-0.2, -0.15) is 0 Å². The van der Waals surface area contributed by atoms with Crippen molar-refractivity contribution in [2.45, 2.75) is 59.0 Å². The Bertz CT molecular complexity index is 162. The summed E-state index contributed by atoms with van der Waals surface area (Å²) in [5, 5.41) is 9.43. The zero-order valence-electron chi connectivity index (χ0n) is 10.0. The maximum absolute atomic E-state index is 9.25. The van der Waals surface area contributed by atoms with Crippen molar-refractivity contribution in [1.82, 2.24) is 0 Å². The van der Waals surface area contributed by atoms with Crippen molar-refractivity contribution in [3.05, 3.63) is 0 Å². The van der Waals surface area contributed by atoms with Crippen LogP contribution >= 0.6 is 0 Å². The van der Waals surface area contributed by atoms with E-state index in [1.54, 1.807) is 6.92 Å². The molecule has 1 N–H and O–H groups in total. The van der Waals surface area contributed by atoms with E-state index in [1.807, 2.05) is 0 Å². The zero-order valence-corrected chi connectivity index (χ0v) is 11.0. The second-order valence-corrected chi connectivity index (χ2v) is 9.65. The number of hydrogen-bond donors (Lipinski definition) is 1. The number of hydrogen-bond acceptors (Lipinski definition) is 2. The standard InChI is InChI=1S/C10H24O2Si/c1-8(2)10(4,5)13(6,7)12-9(3)11/h8-9,11H,1-7H3. The molecule has 0 spiro atoms. The van der Waals surface area contributed by atoms with Crippen molar-refractivity contribution in [2.24, 2.45) is 5.92 Å². The van der Waals surface area contributed by atoms with Crippen molar-refractivity contribution in [3.8, 4) is 0 Å². The van der Waals surface area contributed by atoms with E-state index in [0.717, 1.165) is 0 Å². The summed E-state index contributed by atoms with van der Waals surface area (Å²) in [5.41, 5.74) is 0. The lowest BCUT2D eigenvalue weighted by Crippen LogP contribution is -2.47. The molecule has 2 nitrogen and oxygen atoms in total. The maximum atomic E-state index is 9.25. The van der Waals surface area contributed by atoms with Gasteiger partial charge in [0.1, 0.15) is 6.29 Å². The molecule has 13 heavy (non-hydrogen) atoms. The molecule has 0 saturated carbocycles. The van der Waals surface area contributed by atoms with Gasteiger partial charge in [-0.3, -0.25) is 0 Å². The summed E-state index contributed by atoms with van der Waals surface area (Å²) in [6, 6.07) is 0. The van der Waals surface area contributed by atoms with Gasteiger partial charge in [-0.1, -0.05) is 27.7 Å². The predicted molar refractivity (Wildman–Crippen MR) is 59.1 cm³/mol. The largest absolute Gasteiger partial charge is 0.393 e.